The summed E-state index contributed by atoms with van der Waals surface area (Å²) in [7, 11) is 0. The van der Waals surface area contributed by atoms with E-state index in [1.807, 2.05) is 0 Å². The van der Waals surface area contributed by atoms with Crippen molar-refractivity contribution in [3.63, 3.8) is 0 Å². The second-order valence-electron chi connectivity index (χ2n) is 5.29. The average molecular weight is 271 g/mol. The lowest BCUT2D eigenvalue weighted by atomic mass is 10.2. The first-order chi connectivity index (χ1) is 9.06. The molecule has 1 N–H and O–H groups in total. The van der Waals surface area contributed by atoms with Crippen LogP contribution in [-0.2, 0) is 19.1 Å². The van der Waals surface area contributed by atoms with Crippen LogP contribution in [0.15, 0.2) is 0 Å². The third-order valence-corrected chi connectivity index (χ3v) is 3.48. The Labute approximate surface area is 112 Å². The molecule has 1 aliphatic carbocycles. The molecule has 0 radical (unpaired) electrons. The van der Waals surface area contributed by atoms with Crippen molar-refractivity contribution in [3.8, 4) is 0 Å². The average Bonchev–Trinajstić information content (AvgIpc) is 3.18. The molecule has 1 aliphatic heterocycles. The molecule has 6 heteroatoms. The molecule has 1 saturated carbocycles. The number of hydrogen-bond acceptors (Lipinski definition) is 4. The minimum Gasteiger partial charge on any atom is -0.481 e. The number of carboxylic acid groups (broad SMARTS) is 1. The highest BCUT2D eigenvalue weighted by molar-refractivity contribution is 5.80. The predicted molar refractivity (Wildman–Crippen MR) is 66.7 cm³/mol. The van der Waals surface area contributed by atoms with Crippen molar-refractivity contribution < 1.29 is 24.2 Å². The molecule has 0 spiro atoms. The minimum atomic E-state index is -0.905. The fourth-order valence-electron chi connectivity index (χ4n) is 2.13. The molecule has 0 unspecified atom stereocenters. The Bertz CT molecular complexity index is 342. The van der Waals surface area contributed by atoms with E-state index in [-0.39, 0.29) is 12.3 Å². The van der Waals surface area contributed by atoms with Gasteiger partial charge in [0.25, 0.3) is 5.91 Å². The summed E-state index contributed by atoms with van der Waals surface area (Å²) in [5.41, 5.74) is 0. The van der Waals surface area contributed by atoms with E-state index in [2.05, 4.69) is 0 Å². The van der Waals surface area contributed by atoms with Gasteiger partial charge in [-0.3, -0.25) is 9.59 Å². The maximum Gasteiger partial charge on any atom is 0.306 e. The number of carboxylic acids is 1. The van der Waals surface area contributed by atoms with E-state index in [9.17, 15) is 9.59 Å². The molecule has 0 bridgehead atoms. The highest BCUT2D eigenvalue weighted by Crippen LogP contribution is 2.29. The number of morpholine rings is 1. The first-order valence-corrected chi connectivity index (χ1v) is 6.80. The van der Waals surface area contributed by atoms with Gasteiger partial charge in [0.15, 0.2) is 0 Å². The van der Waals surface area contributed by atoms with Crippen LogP contribution >= 0.6 is 0 Å². The van der Waals surface area contributed by atoms with Gasteiger partial charge < -0.3 is 19.5 Å². The lowest BCUT2D eigenvalue weighted by molar-refractivity contribution is -0.154. The lowest BCUT2D eigenvalue weighted by Gasteiger charge is -2.33. The van der Waals surface area contributed by atoms with E-state index >= 15 is 0 Å². The zero-order chi connectivity index (χ0) is 13.8. The second kappa shape index (κ2) is 6.34. The number of carbonyl (C=O) groups excluding carboxylic acids is 1. The zero-order valence-corrected chi connectivity index (χ0v) is 11.2. The predicted octanol–water partition coefficient (Wildman–Crippen LogP) is 0.504. The lowest BCUT2D eigenvalue weighted by Crippen LogP contribution is -2.49. The Kier molecular flexibility index (Phi) is 4.76. The monoisotopic (exact) mass is 271 g/mol. The van der Waals surface area contributed by atoms with E-state index in [1.165, 1.54) is 12.8 Å². The van der Waals surface area contributed by atoms with Crippen LogP contribution in [0.5, 0.6) is 0 Å². The number of amides is 1. The van der Waals surface area contributed by atoms with Crippen LogP contribution in [0.1, 0.15) is 26.2 Å². The van der Waals surface area contributed by atoms with Gasteiger partial charge in [-0.25, -0.2) is 0 Å². The Morgan fingerprint density at radius 2 is 2.21 bits per heavy atom. The zero-order valence-electron chi connectivity index (χ0n) is 11.2. The largest absolute Gasteiger partial charge is 0.481 e. The summed E-state index contributed by atoms with van der Waals surface area (Å²) in [5, 5.41) is 8.74. The van der Waals surface area contributed by atoms with Crippen molar-refractivity contribution in [2.75, 3.05) is 26.3 Å². The Morgan fingerprint density at radius 3 is 2.84 bits per heavy atom. The van der Waals surface area contributed by atoms with Gasteiger partial charge >= 0.3 is 5.97 Å². The van der Waals surface area contributed by atoms with Crippen LogP contribution in [0.25, 0.3) is 0 Å². The number of carbonyl (C=O) groups is 2. The Hall–Kier alpha value is -1.14. The molecule has 0 aromatic rings. The van der Waals surface area contributed by atoms with Crippen LogP contribution in [0.4, 0.5) is 0 Å². The third kappa shape index (κ3) is 4.47. The molecule has 1 saturated heterocycles. The molecule has 108 valence electrons. The van der Waals surface area contributed by atoms with Gasteiger partial charge in [-0.05, 0) is 25.7 Å². The maximum atomic E-state index is 12.2. The first-order valence-electron chi connectivity index (χ1n) is 6.80. The molecule has 2 aliphatic rings. The summed E-state index contributed by atoms with van der Waals surface area (Å²) in [6, 6.07) is 0. The van der Waals surface area contributed by atoms with Gasteiger partial charge in [0.05, 0.1) is 25.7 Å². The highest BCUT2D eigenvalue weighted by Gasteiger charge is 2.30. The molecule has 1 amide bonds. The van der Waals surface area contributed by atoms with Crippen LogP contribution in [0.2, 0.25) is 0 Å². The summed E-state index contributed by atoms with van der Waals surface area (Å²) in [5.74, 6) is -0.351. The van der Waals surface area contributed by atoms with Gasteiger partial charge in [0.1, 0.15) is 6.10 Å². The summed E-state index contributed by atoms with van der Waals surface area (Å²) in [6.45, 7) is 3.63. The van der Waals surface area contributed by atoms with E-state index < -0.39 is 18.2 Å². The van der Waals surface area contributed by atoms with E-state index in [0.29, 0.717) is 32.2 Å². The fourth-order valence-corrected chi connectivity index (χ4v) is 2.13. The van der Waals surface area contributed by atoms with Gasteiger partial charge in [-0.2, -0.15) is 0 Å². The number of aliphatic carboxylic acids is 1. The van der Waals surface area contributed by atoms with Crippen LogP contribution in [0, 0.1) is 5.92 Å². The first kappa shape index (κ1) is 14.3. The van der Waals surface area contributed by atoms with Crippen LogP contribution in [-0.4, -0.2) is 60.4 Å². The fraction of sp³-hybridized carbons (Fsp3) is 0.846. The Morgan fingerprint density at radius 1 is 1.47 bits per heavy atom. The standard InChI is InChI=1S/C13H21NO5/c1-9(19-8-10-2-3-10)13(17)14-4-5-18-11(7-14)6-12(15)16/h9-11H,2-8H2,1H3,(H,15,16)/t9-,11+/m0/s1. The third-order valence-electron chi connectivity index (χ3n) is 3.48. The molecular weight excluding hydrogens is 250 g/mol. The van der Waals surface area contributed by atoms with Gasteiger partial charge in [-0.15, -0.1) is 0 Å². The number of rotatable bonds is 6. The van der Waals surface area contributed by atoms with Crippen LogP contribution < -0.4 is 0 Å². The quantitative estimate of drug-likeness (QED) is 0.761. The minimum absolute atomic E-state index is 0.0684. The van der Waals surface area contributed by atoms with Gasteiger partial charge in [0.2, 0.25) is 0 Å². The molecular formula is C13H21NO5. The number of ether oxygens (including phenoxy) is 2. The molecule has 2 atom stereocenters. The SMILES string of the molecule is C[C@H](OCC1CC1)C(=O)N1CCO[C@H](CC(=O)O)C1. The molecule has 0 aromatic carbocycles. The van der Waals surface area contributed by atoms with Crippen molar-refractivity contribution in [1.29, 1.82) is 0 Å². The topological polar surface area (TPSA) is 76.1 Å². The smallest absolute Gasteiger partial charge is 0.306 e. The van der Waals surface area contributed by atoms with Gasteiger partial charge in [0, 0.05) is 13.1 Å². The Balaban J connectivity index is 1.77. The molecule has 2 fully saturated rings. The molecule has 6 nitrogen and oxygen atoms in total. The van der Waals surface area contributed by atoms with Crippen molar-refractivity contribution >= 4 is 11.9 Å². The number of hydrogen-bond donors (Lipinski definition) is 1. The van der Waals surface area contributed by atoms with Crippen molar-refractivity contribution in [1.82, 2.24) is 4.90 Å². The summed E-state index contributed by atoms with van der Waals surface area (Å²) >= 11 is 0. The molecule has 1 heterocycles. The second-order valence-corrected chi connectivity index (χ2v) is 5.29. The number of nitrogens with zero attached hydrogens (tertiary/aromatic N) is 1. The molecule has 0 aromatic heterocycles. The summed E-state index contributed by atoms with van der Waals surface area (Å²) < 4.78 is 10.9. The summed E-state index contributed by atoms with van der Waals surface area (Å²) in [4.78, 5) is 24.5. The van der Waals surface area contributed by atoms with Crippen molar-refractivity contribution in [2.24, 2.45) is 5.92 Å². The highest BCUT2D eigenvalue weighted by atomic mass is 16.5. The van der Waals surface area contributed by atoms with Crippen LogP contribution in [0.3, 0.4) is 0 Å². The maximum absolute atomic E-state index is 12.2. The van der Waals surface area contributed by atoms with Crippen molar-refractivity contribution in [2.45, 2.75) is 38.4 Å². The van der Waals surface area contributed by atoms with Gasteiger partial charge in [-0.1, -0.05) is 0 Å². The normalized spacial score (nSPS) is 25.1. The van der Waals surface area contributed by atoms with E-state index in [4.69, 9.17) is 14.6 Å². The van der Waals surface area contributed by atoms with Crippen molar-refractivity contribution in [3.05, 3.63) is 0 Å². The summed E-state index contributed by atoms with van der Waals surface area (Å²) in [6.07, 6.45) is 1.45. The molecule has 19 heavy (non-hydrogen) atoms. The van der Waals surface area contributed by atoms with E-state index in [1.54, 1.807) is 11.8 Å². The van der Waals surface area contributed by atoms with E-state index in [0.717, 1.165) is 0 Å². The molecule has 2 rings (SSSR count).